The highest BCUT2D eigenvalue weighted by atomic mass is 32.2. The summed E-state index contributed by atoms with van der Waals surface area (Å²) in [5, 5.41) is 11.5. The number of hydrogen-bond donors (Lipinski definition) is 2. The summed E-state index contributed by atoms with van der Waals surface area (Å²) >= 11 is 6.33. The fraction of sp³-hybridized carbons (Fsp3) is 0.333. The number of benzene rings is 1. The van der Waals surface area contributed by atoms with E-state index in [-0.39, 0.29) is 16.8 Å². The molecule has 2 rings (SSSR count). The fourth-order valence-electron chi connectivity index (χ4n) is 2.38. The van der Waals surface area contributed by atoms with E-state index in [1.54, 1.807) is 6.08 Å². The number of carbonyl (C=O) groups excluding carboxylic acids is 2. The third kappa shape index (κ3) is 5.15. The number of rotatable bonds is 7. The van der Waals surface area contributed by atoms with Gasteiger partial charge in [-0.25, -0.2) is 4.79 Å². The summed E-state index contributed by atoms with van der Waals surface area (Å²) in [6, 6.07) is 6.72. The first-order valence-corrected chi connectivity index (χ1v) is 9.38. The second kappa shape index (κ2) is 8.95. The highest BCUT2D eigenvalue weighted by Gasteiger charge is 2.34. The molecule has 138 valence electrons. The molecular weight excluding hydrogens is 372 g/mol. The van der Waals surface area contributed by atoms with Crippen molar-refractivity contribution in [1.29, 1.82) is 0 Å². The van der Waals surface area contributed by atoms with Crippen molar-refractivity contribution in [1.82, 2.24) is 10.2 Å². The first-order valence-electron chi connectivity index (χ1n) is 8.16. The van der Waals surface area contributed by atoms with Gasteiger partial charge in [0.2, 0.25) is 5.91 Å². The molecule has 1 fully saturated rings. The fourth-order valence-corrected chi connectivity index (χ4v) is 3.64. The second-order valence-electron chi connectivity index (χ2n) is 5.93. The lowest BCUT2D eigenvalue weighted by Crippen LogP contribution is -2.46. The maximum atomic E-state index is 12.5. The van der Waals surface area contributed by atoms with Crippen LogP contribution in [-0.4, -0.2) is 44.7 Å². The largest absolute Gasteiger partial charge is 0.480 e. The summed E-state index contributed by atoms with van der Waals surface area (Å²) in [6.07, 6.45) is 2.68. The number of nitrogens with one attached hydrogen (secondary N) is 1. The molecule has 1 aromatic rings. The molecule has 8 heteroatoms. The van der Waals surface area contributed by atoms with Crippen LogP contribution in [0, 0.1) is 6.92 Å². The average Bonchev–Trinajstić information content (AvgIpc) is 2.84. The Bertz CT molecular complexity index is 759. The van der Waals surface area contributed by atoms with Gasteiger partial charge in [-0.15, -0.1) is 0 Å². The third-order valence-electron chi connectivity index (χ3n) is 3.76. The number of carboxylic acids is 1. The van der Waals surface area contributed by atoms with Crippen LogP contribution < -0.4 is 5.32 Å². The van der Waals surface area contributed by atoms with Crippen LogP contribution in [0.15, 0.2) is 29.2 Å². The number of nitrogens with zero attached hydrogens (tertiary/aromatic N) is 1. The molecular formula is C18H20N2O4S2. The van der Waals surface area contributed by atoms with Crippen molar-refractivity contribution in [3.8, 4) is 0 Å². The van der Waals surface area contributed by atoms with Crippen LogP contribution in [0.2, 0.25) is 0 Å². The maximum Gasteiger partial charge on any atom is 0.326 e. The van der Waals surface area contributed by atoms with E-state index in [2.05, 4.69) is 5.32 Å². The minimum atomic E-state index is -1.09. The molecule has 0 saturated carbocycles. The van der Waals surface area contributed by atoms with Crippen molar-refractivity contribution in [3.05, 3.63) is 40.3 Å². The van der Waals surface area contributed by atoms with Crippen molar-refractivity contribution < 1.29 is 19.5 Å². The average molecular weight is 393 g/mol. The molecule has 0 aromatic heterocycles. The number of aliphatic carboxylic acids is 1. The molecule has 1 heterocycles. The Morgan fingerprint density at radius 2 is 2.00 bits per heavy atom. The number of aryl methyl sites for hydroxylation is 1. The minimum absolute atomic E-state index is 0.283. The van der Waals surface area contributed by atoms with Crippen LogP contribution >= 0.6 is 24.0 Å². The predicted octanol–water partition coefficient (Wildman–Crippen LogP) is 2.57. The molecule has 2 N–H and O–H groups in total. The van der Waals surface area contributed by atoms with Crippen molar-refractivity contribution in [3.63, 3.8) is 0 Å². The molecule has 1 unspecified atom stereocenters. The number of thioether (sulfide) groups is 1. The van der Waals surface area contributed by atoms with Crippen molar-refractivity contribution >= 4 is 52.2 Å². The molecule has 0 bridgehead atoms. The van der Waals surface area contributed by atoms with E-state index in [1.165, 1.54) is 4.90 Å². The molecule has 1 aliphatic rings. The van der Waals surface area contributed by atoms with Gasteiger partial charge in [-0.05, 0) is 25.0 Å². The van der Waals surface area contributed by atoms with E-state index >= 15 is 0 Å². The van der Waals surface area contributed by atoms with Gasteiger partial charge in [0.25, 0.3) is 5.91 Å². The van der Waals surface area contributed by atoms with E-state index < -0.39 is 17.9 Å². The van der Waals surface area contributed by atoms with Crippen LogP contribution in [0.25, 0.3) is 6.08 Å². The van der Waals surface area contributed by atoms with Crippen LogP contribution in [0.1, 0.15) is 30.9 Å². The van der Waals surface area contributed by atoms with Gasteiger partial charge in [-0.1, -0.05) is 67.2 Å². The highest BCUT2D eigenvalue weighted by molar-refractivity contribution is 8.26. The third-order valence-corrected chi connectivity index (χ3v) is 5.14. The number of hydrogen-bond acceptors (Lipinski definition) is 5. The lowest BCUT2D eigenvalue weighted by molar-refractivity contribution is -0.142. The quantitative estimate of drug-likeness (QED) is 0.548. The van der Waals surface area contributed by atoms with E-state index in [4.69, 9.17) is 17.3 Å². The van der Waals surface area contributed by atoms with Crippen LogP contribution in [0.3, 0.4) is 0 Å². The number of carboxylic acid groups (broad SMARTS) is 1. The van der Waals surface area contributed by atoms with E-state index in [0.29, 0.717) is 17.7 Å². The number of carbonyl (C=O) groups is 3. The number of amides is 2. The summed E-state index contributed by atoms with van der Waals surface area (Å²) in [7, 11) is 0. The van der Waals surface area contributed by atoms with E-state index in [1.807, 2.05) is 38.1 Å². The standard InChI is InChI=1S/C18H20N2O4S2/c1-3-4-13(17(23)24)19-15(21)10-20-16(22)14(26-18(20)25)9-12-7-5-11(2)6-8-12/h5-9,13H,3-4,10H2,1-2H3,(H,19,21)(H,23,24)/b14-9+. The Hall–Kier alpha value is -2.19. The van der Waals surface area contributed by atoms with Crippen LogP contribution in [0.5, 0.6) is 0 Å². The summed E-state index contributed by atoms with van der Waals surface area (Å²) in [6.45, 7) is 3.52. The lowest BCUT2D eigenvalue weighted by Gasteiger charge is -2.17. The first-order chi connectivity index (χ1) is 12.3. The minimum Gasteiger partial charge on any atom is -0.480 e. The molecule has 0 spiro atoms. The Morgan fingerprint density at radius 1 is 1.35 bits per heavy atom. The van der Waals surface area contributed by atoms with Gasteiger partial charge in [-0.2, -0.15) is 0 Å². The van der Waals surface area contributed by atoms with Gasteiger partial charge >= 0.3 is 5.97 Å². The zero-order valence-electron chi connectivity index (χ0n) is 14.5. The molecule has 0 radical (unpaired) electrons. The summed E-state index contributed by atoms with van der Waals surface area (Å²) < 4.78 is 0.283. The topological polar surface area (TPSA) is 86.7 Å². The summed E-state index contributed by atoms with van der Waals surface area (Å²) in [4.78, 5) is 37.4. The Morgan fingerprint density at radius 3 is 2.58 bits per heavy atom. The molecule has 26 heavy (non-hydrogen) atoms. The van der Waals surface area contributed by atoms with Crippen LogP contribution in [0.4, 0.5) is 0 Å². The second-order valence-corrected chi connectivity index (χ2v) is 7.60. The zero-order chi connectivity index (χ0) is 19.3. The van der Waals surface area contributed by atoms with Crippen molar-refractivity contribution in [2.75, 3.05) is 6.54 Å². The van der Waals surface area contributed by atoms with Gasteiger partial charge in [0.15, 0.2) is 0 Å². The normalized spacial score (nSPS) is 16.8. The van der Waals surface area contributed by atoms with Crippen LogP contribution in [-0.2, 0) is 14.4 Å². The van der Waals surface area contributed by atoms with Crippen molar-refractivity contribution in [2.24, 2.45) is 0 Å². The Labute approximate surface area is 161 Å². The van der Waals surface area contributed by atoms with Gasteiger partial charge in [0.05, 0.1) is 4.91 Å². The molecule has 1 aliphatic heterocycles. The smallest absolute Gasteiger partial charge is 0.326 e. The maximum absolute atomic E-state index is 12.5. The molecule has 1 aromatic carbocycles. The molecule has 1 saturated heterocycles. The first kappa shape index (κ1) is 20.1. The molecule has 1 atom stereocenters. The molecule has 2 amide bonds. The lowest BCUT2D eigenvalue weighted by atomic mass is 10.1. The van der Waals surface area contributed by atoms with Gasteiger partial charge < -0.3 is 10.4 Å². The Balaban J connectivity index is 2.05. The monoisotopic (exact) mass is 392 g/mol. The Kier molecular flexibility index (Phi) is 6.93. The molecule has 6 nitrogen and oxygen atoms in total. The zero-order valence-corrected chi connectivity index (χ0v) is 16.2. The van der Waals surface area contributed by atoms with Gasteiger partial charge in [0, 0.05) is 0 Å². The SMILES string of the molecule is CCCC(NC(=O)CN1C(=O)/C(=C\c2ccc(C)cc2)SC1=S)C(=O)O. The van der Waals surface area contributed by atoms with Crippen molar-refractivity contribution in [2.45, 2.75) is 32.7 Å². The van der Waals surface area contributed by atoms with Gasteiger partial charge in [-0.3, -0.25) is 14.5 Å². The van der Waals surface area contributed by atoms with Gasteiger partial charge in [0.1, 0.15) is 16.9 Å². The predicted molar refractivity (Wildman–Crippen MR) is 106 cm³/mol. The summed E-state index contributed by atoms with van der Waals surface area (Å²) in [5.74, 6) is -1.98. The van der Waals surface area contributed by atoms with E-state index in [0.717, 1.165) is 22.9 Å². The summed E-state index contributed by atoms with van der Waals surface area (Å²) in [5.41, 5.74) is 1.99. The van der Waals surface area contributed by atoms with E-state index in [9.17, 15) is 14.4 Å². The molecule has 0 aliphatic carbocycles. The highest BCUT2D eigenvalue weighted by Crippen LogP contribution is 2.32. The number of thiocarbonyl (C=S) groups is 1.